The lowest BCUT2D eigenvalue weighted by Gasteiger charge is -2.14. The van der Waals surface area contributed by atoms with Gasteiger partial charge in [0.1, 0.15) is 6.33 Å². The molecule has 4 aromatic rings. The van der Waals surface area contributed by atoms with Gasteiger partial charge in [-0.25, -0.2) is 9.78 Å². The number of carboxylic acids is 1. The number of nitrogens with zero attached hydrogens (tertiary/aromatic N) is 3. The summed E-state index contributed by atoms with van der Waals surface area (Å²) in [7, 11) is 0. The third kappa shape index (κ3) is 2.93. The van der Waals surface area contributed by atoms with E-state index in [-0.39, 0.29) is 12.2 Å². The predicted molar refractivity (Wildman–Crippen MR) is 112 cm³/mol. The van der Waals surface area contributed by atoms with Crippen molar-refractivity contribution in [3.8, 4) is 16.8 Å². The third-order valence-electron chi connectivity index (χ3n) is 5.12. The normalized spacial score (nSPS) is 12.5. The van der Waals surface area contributed by atoms with Crippen molar-refractivity contribution in [2.75, 3.05) is 0 Å². The predicted octanol–water partition coefficient (Wildman–Crippen LogP) is 4.59. The number of carbonyl (C=O) groups is 1. The van der Waals surface area contributed by atoms with Gasteiger partial charge >= 0.3 is 5.97 Å². The Morgan fingerprint density at radius 1 is 0.862 bits per heavy atom. The topological polar surface area (TPSA) is 67.5 Å². The monoisotopic (exact) mass is 379 g/mol. The summed E-state index contributed by atoms with van der Waals surface area (Å²) in [6.07, 6.45) is 1.57. The quantitative estimate of drug-likeness (QED) is 0.566. The van der Waals surface area contributed by atoms with E-state index >= 15 is 0 Å². The Morgan fingerprint density at radius 2 is 1.55 bits per heavy atom. The molecule has 29 heavy (non-hydrogen) atoms. The average Bonchev–Trinajstić information content (AvgIpc) is 3.12. The van der Waals surface area contributed by atoms with Crippen LogP contribution in [0, 0.1) is 0 Å². The number of rotatable bonds is 3. The second-order valence-corrected chi connectivity index (χ2v) is 6.84. The minimum absolute atomic E-state index is 0.0427. The van der Waals surface area contributed by atoms with Gasteiger partial charge in [-0.3, -0.25) is 9.56 Å². The van der Waals surface area contributed by atoms with Crippen LogP contribution in [0.25, 0.3) is 16.8 Å². The molecule has 0 amide bonds. The number of imidazole rings is 1. The first-order valence-corrected chi connectivity index (χ1v) is 9.32. The summed E-state index contributed by atoms with van der Waals surface area (Å²) in [5, 5.41) is 9.52. The molecule has 0 spiro atoms. The highest BCUT2D eigenvalue weighted by molar-refractivity contribution is 6.15. The molecular formula is C24H17N3O2. The molecule has 0 bridgehead atoms. The summed E-state index contributed by atoms with van der Waals surface area (Å²) in [4.78, 5) is 20.6. The average molecular weight is 379 g/mol. The zero-order chi connectivity index (χ0) is 19.8. The number of hydrogen-bond donors (Lipinski definition) is 1. The molecular weight excluding hydrogens is 362 g/mol. The van der Waals surface area contributed by atoms with E-state index in [9.17, 15) is 9.90 Å². The maximum atomic E-state index is 11.6. The Balaban J connectivity index is 1.77. The third-order valence-corrected chi connectivity index (χ3v) is 5.12. The number of aliphatic imine (C=N–C) groups is 1. The summed E-state index contributed by atoms with van der Waals surface area (Å²) < 4.78 is 1.84. The Morgan fingerprint density at radius 3 is 2.24 bits per heavy atom. The Hall–Kier alpha value is -3.99. The second-order valence-electron chi connectivity index (χ2n) is 6.84. The lowest BCUT2D eigenvalue weighted by molar-refractivity contribution is 0.0689. The number of hydrogen-bond acceptors (Lipinski definition) is 3. The Kier molecular flexibility index (Phi) is 4.06. The van der Waals surface area contributed by atoms with Gasteiger partial charge in [0, 0.05) is 11.1 Å². The minimum Gasteiger partial charge on any atom is -0.476 e. The van der Waals surface area contributed by atoms with Crippen LogP contribution >= 0.6 is 0 Å². The zero-order valence-corrected chi connectivity index (χ0v) is 15.5. The fourth-order valence-electron chi connectivity index (χ4n) is 3.74. The summed E-state index contributed by atoms with van der Waals surface area (Å²) in [5.41, 5.74) is 6.48. The van der Waals surface area contributed by atoms with Gasteiger partial charge in [-0.2, -0.15) is 0 Å². The van der Waals surface area contributed by atoms with E-state index in [0.717, 1.165) is 33.7 Å². The molecule has 5 heteroatoms. The van der Waals surface area contributed by atoms with Crippen molar-refractivity contribution in [2.45, 2.75) is 6.54 Å². The van der Waals surface area contributed by atoms with Gasteiger partial charge in [0.2, 0.25) is 0 Å². The van der Waals surface area contributed by atoms with E-state index in [2.05, 4.69) is 23.2 Å². The number of fused-ring (bicyclic) bond motifs is 3. The van der Waals surface area contributed by atoms with Crippen molar-refractivity contribution in [1.29, 1.82) is 0 Å². The highest BCUT2D eigenvalue weighted by Gasteiger charge is 2.24. The molecule has 140 valence electrons. The van der Waals surface area contributed by atoms with Crippen LogP contribution in [0.2, 0.25) is 0 Å². The van der Waals surface area contributed by atoms with Gasteiger partial charge in [-0.05, 0) is 23.3 Å². The number of aromatic nitrogens is 2. The van der Waals surface area contributed by atoms with Crippen LogP contribution in [-0.2, 0) is 6.54 Å². The molecule has 2 heterocycles. The fourth-order valence-corrected chi connectivity index (χ4v) is 3.74. The van der Waals surface area contributed by atoms with Gasteiger partial charge < -0.3 is 5.11 Å². The standard InChI is InChI=1S/C24H17N3O2/c28-24(29)23-21-14-25-22(17-9-5-2-6-10-17)19-13-18(16-7-3-1-4-8-16)11-12-20(19)27(21)15-26-23/h1-13,15H,14H2,(H,28,29). The molecule has 1 aliphatic heterocycles. The van der Waals surface area contributed by atoms with Crippen LogP contribution in [0.4, 0.5) is 0 Å². The zero-order valence-electron chi connectivity index (χ0n) is 15.5. The van der Waals surface area contributed by atoms with Crippen molar-refractivity contribution < 1.29 is 9.90 Å². The highest BCUT2D eigenvalue weighted by Crippen LogP contribution is 2.30. The van der Waals surface area contributed by atoms with E-state index in [1.807, 2.05) is 65.2 Å². The van der Waals surface area contributed by atoms with Gasteiger partial charge in [0.15, 0.2) is 5.69 Å². The molecule has 1 aromatic heterocycles. The van der Waals surface area contributed by atoms with Gasteiger partial charge in [0.25, 0.3) is 0 Å². The molecule has 0 aliphatic carbocycles. The van der Waals surface area contributed by atoms with Gasteiger partial charge in [-0.15, -0.1) is 0 Å². The first-order valence-electron chi connectivity index (χ1n) is 9.32. The maximum Gasteiger partial charge on any atom is 0.356 e. The van der Waals surface area contributed by atoms with Crippen LogP contribution in [0.15, 0.2) is 90.2 Å². The van der Waals surface area contributed by atoms with Crippen molar-refractivity contribution >= 4 is 11.7 Å². The molecule has 0 saturated carbocycles. The van der Waals surface area contributed by atoms with Crippen LogP contribution < -0.4 is 0 Å². The molecule has 1 N–H and O–H groups in total. The number of benzene rings is 3. The van der Waals surface area contributed by atoms with Crippen molar-refractivity contribution in [3.05, 3.63) is 108 Å². The maximum absolute atomic E-state index is 11.6. The summed E-state index contributed by atoms with van der Waals surface area (Å²) in [6.45, 7) is 0.251. The van der Waals surface area contributed by atoms with Gasteiger partial charge in [0.05, 0.1) is 23.6 Å². The molecule has 1 aliphatic rings. The highest BCUT2D eigenvalue weighted by atomic mass is 16.4. The molecule has 3 aromatic carbocycles. The summed E-state index contributed by atoms with van der Waals surface area (Å²) in [5.74, 6) is -1.04. The summed E-state index contributed by atoms with van der Waals surface area (Å²) >= 11 is 0. The molecule has 0 radical (unpaired) electrons. The lowest BCUT2D eigenvalue weighted by atomic mass is 9.96. The van der Waals surface area contributed by atoms with Crippen molar-refractivity contribution in [2.24, 2.45) is 4.99 Å². The fraction of sp³-hybridized carbons (Fsp3) is 0.0417. The minimum atomic E-state index is -1.04. The number of aromatic carboxylic acids is 1. The summed E-state index contributed by atoms with van der Waals surface area (Å²) in [6, 6.07) is 26.3. The smallest absolute Gasteiger partial charge is 0.356 e. The molecule has 0 unspecified atom stereocenters. The molecule has 5 nitrogen and oxygen atoms in total. The van der Waals surface area contributed by atoms with Crippen LogP contribution in [0.3, 0.4) is 0 Å². The van der Waals surface area contributed by atoms with Crippen LogP contribution in [0.5, 0.6) is 0 Å². The molecule has 0 atom stereocenters. The van der Waals surface area contributed by atoms with Crippen LogP contribution in [-0.4, -0.2) is 26.3 Å². The molecule has 0 saturated heterocycles. The van der Waals surface area contributed by atoms with Gasteiger partial charge in [-0.1, -0.05) is 66.7 Å². The number of carboxylic acid groups (broad SMARTS) is 1. The van der Waals surface area contributed by atoms with E-state index < -0.39 is 5.97 Å². The first kappa shape index (κ1) is 17.1. The van der Waals surface area contributed by atoms with Crippen molar-refractivity contribution in [1.82, 2.24) is 9.55 Å². The van der Waals surface area contributed by atoms with E-state index in [1.165, 1.54) is 0 Å². The van der Waals surface area contributed by atoms with E-state index in [0.29, 0.717) is 5.69 Å². The van der Waals surface area contributed by atoms with E-state index in [4.69, 9.17) is 4.99 Å². The van der Waals surface area contributed by atoms with Crippen LogP contribution in [0.1, 0.15) is 27.3 Å². The first-order chi connectivity index (χ1) is 14.2. The lowest BCUT2D eigenvalue weighted by Crippen LogP contribution is -2.07. The van der Waals surface area contributed by atoms with Crippen molar-refractivity contribution in [3.63, 3.8) is 0 Å². The SMILES string of the molecule is O=C(O)c1ncn2c1CN=C(c1ccccc1)c1cc(-c3ccccc3)ccc1-2. The largest absolute Gasteiger partial charge is 0.476 e. The Bertz CT molecular complexity index is 1240. The van der Waals surface area contributed by atoms with E-state index in [1.54, 1.807) is 6.33 Å². The molecule has 0 fully saturated rings. The molecule has 5 rings (SSSR count). The second kappa shape index (κ2) is 6.87. The Labute approximate surface area is 167 Å².